The van der Waals surface area contributed by atoms with E-state index in [2.05, 4.69) is 5.32 Å². The van der Waals surface area contributed by atoms with Crippen molar-refractivity contribution in [3.63, 3.8) is 0 Å². The van der Waals surface area contributed by atoms with Crippen LogP contribution in [-0.4, -0.2) is 29.4 Å². The van der Waals surface area contributed by atoms with Gasteiger partial charge in [-0.2, -0.15) is 0 Å². The molecule has 0 aliphatic carbocycles. The van der Waals surface area contributed by atoms with Crippen molar-refractivity contribution in [2.45, 2.75) is 57.7 Å². The van der Waals surface area contributed by atoms with Crippen LogP contribution in [0.1, 0.15) is 44.6 Å². The first-order valence-corrected chi connectivity index (χ1v) is 8.42. The lowest BCUT2D eigenvalue weighted by Gasteiger charge is -2.30. The predicted molar refractivity (Wildman–Crippen MR) is 84.8 cm³/mol. The van der Waals surface area contributed by atoms with E-state index in [0.29, 0.717) is 37.5 Å². The fourth-order valence-corrected chi connectivity index (χ4v) is 3.95. The minimum absolute atomic E-state index is 0.207. The Balaban J connectivity index is 1.57. The van der Waals surface area contributed by atoms with Gasteiger partial charge in [-0.25, -0.2) is 4.39 Å². The van der Waals surface area contributed by atoms with Gasteiger partial charge in [0.2, 0.25) is 5.91 Å². The van der Waals surface area contributed by atoms with E-state index in [0.717, 1.165) is 18.4 Å². The zero-order chi connectivity index (χ0) is 15.5. The number of nitrogens with zero attached hydrogens (tertiary/aromatic N) is 1. The van der Waals surface area contributed by atoms with E-state index in [4.69, 9.17) is 0 Å². The van der Waals surface area contributed by atoms with E-state index >= 15 is 0 Å². The monoisotopic (exact) mass is 304 g/mol. The summed E-state index contributed by atoms with van der Waals surface area (Å²) in [5.41, 5.74) is 0.862. The fraction of sp³-hybridized carbons (Fsp3) is 0.611. The number of fused-ring (bicyclic) bond motifs is 2. The Morgan fingerprint density at radius 3 is 2.68 bits per heavy atom. The first-order chi connectivity index (χ1) is 10.6. The van der Waals surface area contributed by atoms with E-state index in [1.54, 1.807) is 6.07 Å². The molecular weight excluding hydrogens is 279 g/mol. The smallest absolute Gasteiger partial charge is 0.223 e. The predicted octanol–water partition coefficient (Wildman–Crippen LogP) is 3.09. The molecule has 4 heteroatoms. The number of amides is 1. The molecule has 22 heavy (non-hydrogen) atoms. The highest BCUT2D eigenvalue weighted by molar-refractivity contribution is 5.76. The molecule has 1 amide bonds. The maximum absolute atomic E-state index is 13.3. The van der Waals surface area contributed by atoms with Gasteiger partial charge >= 0.3 is 0 Å². The SMILES string of the molecule is CCN(Cc1cccc(F)c1)C(=O)CC1CC2CCC(C1)N2. The summed E-state index contributed by atoms with van der Waals surface area (Å²) >= 11 is 0. The van der Waals surface area contributed by atoms with Crippen LogP contribution in [0.4, 0.5) is 4.39 Å². The van der Waals surface area contributed by atoms with Crippen molar-refractivity contribution in [3.05, 3.63) is 35.6 Å². The van der Waals surface area contributed by atoms with Gasteiger partial charge in [0.05, 0.1) is 0 Å². The summed E-state index contributed by atoms with van der Waals surface area (Å²) in [6, 6.07) is 7.77. The first kappa shape index (κ1) is 15.5. The molecule has 1 aromatic rings. The molecular formula is C18H25FN2O. The Morgan fingerprint density at radius 1 is 1.32 bits per heavy atom. The number of rotatable bonds is 5. The lowest BCUT2D eigenvalue weighted by molar-refractivity contribution is -0.132. The van der Waals surface area contributed by atoms with Crippen LogP contribution in [0.3, 0.4) is 0 Å². The van der Waals surface area contributed by atoms with Crippen LogP contribution in [-0.2, 0) is 11.3 Å². The Labute approximate surface area is 131 Å². The second-order valence-electron chi connectivity index (χ2n) is 6.72. The molecule has 2 aliphatic rings. The Bertz CT molecular complexity index is 522. The summed E-state index contributed by atoms with van der Waals surface area (Å²) in [6.07, 6.45) is 5.41. The number of hydrogen-bond donors (Lipinski definition) is 1. The second-order valence-corrected chi connectivity index (χ2v) is 6.72. The van der Waals surface area contributed by atoms with E-state index in [9.17, 15) is 9.18 Å². The minimum Gasteiger partial charge on any atom is -0.339 e. The molecule has 120 valence electrons. The number of halogens is 1. The lowest BCUT2D eigenvalue weighted by atomic mass is 9.89. The van der Waals surface area contributed by atoms with Gasteiger partial charge in [-0.1, -0.05) is 12.1 Å². The van der Waals surface area contributed by atoms with E-state index < -0.39 is 0 Å². The average Bonchev–Trinajstić information content (AvgIpc) is 2.83. The van der Waals surface area contributed by atoms with Crippen LogP contribution in [0.2, 0.25) is 0 Å². The summed E-state index contributed by atoms with van der Waals surface area (Å²) in [5.74, 6) is 0.474. The molecule has 2 bridgehead atoms. The number of carbonyl (C=O) groups excluding carboxylic acids is 1. The van der Waals surface area contributed by atoms with Crippen LogP contribution >= 0.6 is 0 Å². The van der Waals surface area contributed by atoms with E-state index in [1.807, 2.05) is 17.9 Å². The largest absolute Gasteiger partial charge is 0.339 e. The third kappa shape index (κ3) is 3.67. The molecule has 2 fully saturated rings. The molecule has 3 nitrogen and oxygen atoms in total. The van der Waals surface area contributed by atoms with Gasteiger partial charge in [0.1, 0.15) is 5.82 Å². The normalized spacial score (nSPS) is 26.9. The van der Waals surface area contributed by atoms with Gasteiger partial charge < -0.3 is 10.2 Å². The second kappa shape index (κ2) is 6.78. The van der Waals surface area contributed by atoms with Crippen LogP contribution in [0.5, 0.6) is 0 Å². The number of nitrogens with one attached hydrogen (secondary N) is 1. The standard InChI is InChI=1S/C18H25FN2O/c1-2-21(12-13-4-3-5-15(19)8-13)18(22)11-14-9-16-6-7-17(10-14)20-16/h3-5,8,14,16-17,20H,2,6-7,9-12H2,1H3. The van der Waals surface area contributed by atoms with Gasteiger partial charge in [0, 0.05) is 31.6 Å². The molecule has 1 aromatic carbocycles. The Hall–Kier alpha value is -1.42. The summed E-state index contributed by atoms with van der Waals surface area (Å²) in [6.45, 7) is 3.17. The summed E-state index contributed by atoms with van der Waals surface area (Å²) < 4.78 is 13.3. The molecule has 3 rings (SSSR count). The summed E-state index contributed by atoms with van der Waals surface area (Å²) in [7, 11) is 0. The molecule has 2 heterocycles. The Morgan fingerprint density at radius 2 is 2.05 bits per heavy atom. The molecule has 0 spiro atoms. The van der Waals surface area contributed by atoms with Crippen molar-refractivity contribution >= 4 is 5.91 Å². The van der Waals surface area contributed by atoms with Crippen LogP contribution in [0.15, 0.2) is 24.3 Å². The minimum atomic E-state index is -0.240. The maximum atomic E-state index is 13.3. The highest BCUT2D eigenvalue weighted by atomic mass is 19.1. The molecule has 0 saturated carbocycles. The fourth-order valence-electron chi connectivity index (χ4n) is 3.95. The highest BCUT2D eigenvalue weighted by Gasteiger charge is 2.34. The van der Waals surface area contributed by atoms with Crippen molar-refractivity contribution < 1.29 is 9.18 Å². The average molecular weight is 304 g/mol. The highest BCUT2D eigenvalue weighted by Crippen LogP contribution is 2.33. The van der Waals surface area contributed by atoms with Crippen molar-refractivity contribution in [1.29, 1.82) is 0 Å². The maximum Gasteiger partial charge on any atom is 0.223 e. The van der Waals surface area contributed by atoms with Gasteiger partial charge in [-0.05, 0) is 56.2 Å². The van der Waals surface area contributed by atoms with Gasteiger partial charge in [-0.3, -0.25) is 4.79 Å². The zero-order valence-corrected chi connectivity index (χ0v) is 13.2. The van der Waals surface area contributed by atoms with Crippen LogP contribution in [0.25, 0.3) is 0 Å². The third-order valence-corrected chi connectivity index (χ3v) is 5.03. The third-order valence-electron chi connectivity index (χ3n) is 5.03. The molecule has 2 saturated heterocycles. The molecule has 2 atom stereocenters. The summed E-state index contributed by atoms with van der Waals surface area (Å²) in [4.78, 5) is 14.4. The number of benzene rings is 1. The van der Waals surface area contributed by atoms with Crippen LogP contribution < -0.4 is 5.32 Å². The quantitative estimate of drug-likeness (QED) is 0.906. The van der Waals surface area contributed by atoms with Gasteiger partial charge in [0.15, 0.2) is 0 Å². The number of piperidine rings is 1. The van der Waals surface area contributed by atoms with Crippen LogP contribution in [0, 0.1) is 11.7 Å². The molecule has 0 radical (unpaired) electrons. The molecule has 1 N–H and O–H groups in total. The summed E-state index contributed by atoms with van der Waals surface area (Å²) in [5, 5.41) is 3.62. The lowest BCUT2D eigenvalue weighted by Crippen LogP contribution is -2.40. The molecule has 2 aliphatic heterocycles. The van der Waals surface area contributed by atoms with Crippen molar-refractivity contribution in [1.82, 2.24) is 10.2 Å². The van der Waals surface area contributed by atoms with Crippen molar-refractivity contribution in [2.24, 2.45) is 5.92 Å². The number of hydrogen-bond acceptors (Lipinski definition) is 2. The number of carbonyl (C=O) groups is 1. The van der Waals surface area contributed by atoms with Gasteiger partial charge in [0.25, 0.3) is 0 Å². The van der Waals surface area contributed by atoms with Crippen molar-refractivity contribution in [2.75, 3.05) is 6.54 Å². The molecule has 2 unspecified atom stereocenters. The van der Waals surface area contributed by atoms with E-state index in [-0.39, 0.29) is 11.7 Å². The zero-order valence-electron chi connectivity index (χ0n) is 13.2. The van der Waals surface area contributed by atoms with E-state index in [1.165, 1.54) is 25.0 Å². The van der Waals surface area contributed by atoms with Gasteiger partial charge in [-0.15, -0.1) is 0 Å². The van der Waals surface area contributed by atoms with Crippen molar-refractivity contribution in [3.8, 4) is 0 Å². The topological polar surface area (TPSA) is 32.3 Å². The molecule has 0 aromatic heterocycles. The Kier molecular flexibility index (Phi) is 4.77. The first-order valence-electron chi connectivity index (χ1n) is 8.42.